The van der Waals surface area contributed by atoms with E-state index in [1.165, 1.54) is 7.11 Å². The molecule has 0 radical (unpaired) electrons. The number of hydrogen-bond donors (Lipinski definition) is 0. The fourth-order valence-electron chi connectivity index (χ4n) is 3.34. The summed E-state index contributed by atoms with van der Waals surface area (Å²) < 4.78 is 13.0. The predicted octanol–water partition coefficient (Wildman–Crippen LogP) is 5.30. The van der Waals surface area contributed by atoms with Crippen molar-refractivity contribution in [3.8, 4) is 11.3 Å². The van der Waals surface area contributed by atoms with Crippen LogP contribution in [-0.2, 0) is 14.3 Å². The molecule has 1 unspecified atom stereocenters. The van der Waals surface area contributed by atoms with E-state index in [2.05, 4.69) is 0 Å². The molecule has 28 heavy (non-hydrogen) atoms. The van der Waals surface area contributed by atoms with Gasteiger partial charge in [0.2, 0.25) is 0 Å². The smallest absolute Gasteiger partial charge is 0.339 e. The first kappa shape index (κ1) is 20.4. The first-order valence-electron chi connectivity index (χ1n) is 9.11. The summed E-state index contributed by atoms with van der Waals surface area (Å²) in [6.45, 7) is 9.66. The number of imidazole rings is 1. The maximum absolute atomic E-state index is 12.5. The summed E-state index contributed by atoms with van der Waals surface area (Å²) in [6.07, 6.45) is 3.10. The molecule has 5 nitrogen and oxygen atoms in total. The number of aryl methyl sites for hydroxylation is 2. The SMILES string of the molecule is COC(=O)C(OC(C)(C)C)c1c(C)cn2cc(-c3cccc(Cl)c3)nc2c1C. The highest BCUT2D eigenvalue weighted by molar-refractivity contribution is 6.30. The number of halogens is 1. The molecule has 148 valence electrons. The van der Waals surface area contributed by atoms with E-state index in [0.29, 0.717) is 5.02 Å². The van der Waals surface area contributed by atoms with Gasteiger partial charge >= 0.3 is 5.97 Å². The molecule has 2 aromatic heterocycles. The minimum Gasteiger partial charge on any atom is -0.467 e. The van der Waals surface area contributed by atoms with Gasteiger partial charge in [-0.3, -0.25) is 0 Å². The summed E-state index contributed by atoms with van der Waals surface area (Å²) in [5, 5.41) is 0.660. The number of fused-ring (bicyclic) bond motifs is 1. The van der Waals surface area contributed by atoms with Gasteiger partial charge < -0.3 is 13.9 Å². The summed E-state index contributed by atoms with van der Waals surface area (Å²) in [5.74, 6) is -0.424. The second-order valence-electron chi connectivity index (χ2n) is 7.85. The van der Waals surface area contributed by atoms with Crippen molar-refractivity contribution in [2.75, 3.05) is 7.11 Å². The lowest BCUT2D eigenvalue weighted by molar-refractivity contribution is -0.164. The Labute approximate surface area is 170 Å². The Kier molecular flexibility index (Phi) is 5.50. The third-order valence-electron chi connectivity index (χ3n) is 4.50. The fourth-order valence-corrected chi connectivity index (χ4v) is 3.53. The maximum atomic E-state index is 12.5. The summed E-state index contributed by atoms with van der Waals surface area (Å²) in [7, 11) is 1.37. The third-order valence-corrected chi connectivity index (χ3v) is 4.73. The Morgan fingerprint density at radius 1 is 1.21 bits per heavy atom. The molecular weight excluding hydrogens is 376 g/mol. The van der Waals surface area contributed by atoms with E-state index < -0.39 is 17.7 Å². The zero-order valence-electron chi connectivity index (χ0n) is 17.0. The van der Waals surface area contributed by atoms with Crippen molar-refractivity contribution in [1.29, 1.82) is 0 Å². The number of carbonyl (C=O) groups is 1. The first-order chi connectivity index (χ1) is 13.1. The standard InChI is InChI=1S/C22H25ClN2O3/c1-13-11-25-12-17(15-8-7-9-16(23)10-15)24-20(25)14(2)18(13)19(21(26)27-6)28-22(3,4)5/h7-12,19H,1-6H3. The van der Waals surface area contributed by atoms with Gasteiger partial charge in [0.05, 0.1) is 18.4 Å². The van der Waals surface area contributed by atoms with Crippen LogP contribution in [0, 0.1) is 13.8 Å². The molecule has 0 aliphatic heterocycles. The number of nitrogens with zero attached hydrogens (tertiary/aromatic N) is 2. The number of methoxy groups -OCH3 is 1. The topological polar surface area (TPSA) is 52.8 Å². The summed E-state index contributed by atoms with van der Waals surface area (Å²) in [4.78, 5) is 17.3. The normalized spacial score (nSPS) is 13.0. The zero-order valence-corrected chi connectivity index (χ0v) is 17.8. The molecule has 3 rings (SSSR count). The van der Waals surface area contributed by atoms with Crippen LogP contribution in [0.4, 0.5) is 0 Å². The van der Waals surface area contributed by atoms with Crippen LogP contribution < -0.4 is 0 Å². The van der Waals surface area contributed by atoms with Crippen LogP contribution >= 0.6 is 11.6 Å². The molecule has 1 aromatic carbocycles. The Hall–Kier alpha value is -2.37. The van der Waals surface area contributed by atoms with E-state index in [4.69, 9.17) is 26.1 Å². The summed E-state index contributed by atoms with van der Waals surface area (Å²) >= 11 is 6.13. The lowest BCUT2D eigenvalue weighted by atomic mass is 9.99. The van der Waals surface area contributed by atoms with Crippen LogP contribution in [0.5, 0.6) is 0 Å². The van der Waals surface area contributed by atoms with Crippen LogP contribution in [0.3, 0.4) is 0 Å². The predicted molar refractivity (Wildman–Crippen MR) is 111 cm³/mol. The van der Waals surface area contributed by atoms with Gasteiger partial charge in [0, 0.05) is 28.5 Å². The summed E-state index contributed by atoms with van der Waals surface area (Å²) in [5.41, 5.74) is 4.61. The lowest BCUT2D eigenvalue weighted by Crippen LogP contribution is -2.29. The van der Waals surface area contributed by atoms with Crippen molar-refractivity contribution in [2.24, 2.45) is 0 Å². The molecule has 0 aliphatic carbocycles. The molecule has 6 heteroatoms. The van der Waals surface area contributed by atoms with Gasteiger partial charge in [-0.15, -0.1) is 0 Å². The average Bonchev–Trinajstić information content (AvgIpc) is 3.03. The van der Waals surface area contributed by atoms with Crippen molar-refractivity contribution < 1.29 is 14.3 Å². The van der Waals surface area contributed by atoms with Crippen molar-refractivity contribution in [3.05, 3.63) is 58.4 Å². The Morgan fingerprint density at radius 3 is 2.54 bits per heavy atom. The average molecular weight is 401 g/mol. The number of aromatic nitrogens is 2. The van der Waals surface area contributed by atoms with E-state index in [9.17, 15) is 4.79 Å². The van der Waals surface area contributed by atoms with Crippen LogP contribution in [0.25, 0.3) is 16.9 Å². The monoisotopic (exact) mass is 400 g/mol. The molecule has 0 aliphatic rings. The van der Waals surface area contributed by atoms with Crippen molar-refractivity contribution in [1.82, 2.24) is 9.38 Å². The minimum absolute atomic E-state index is 0.424. The van der Waals surface area contributed by atoms with Crippen molar-refractivity contribution >= 4 is 23.2 Å². The van der Waals surface area contributed by atoms with Crippen LogP contribution in [0.1, 0.15) is 43.6 Å². The second kappa shape index (κ2) is 7.57. The highest BCUT2D eigenvalue weighted by Crippen LogP contribution is 2.33. The largest absolute Gasteiger partial charge is 0.467 e. The Bertz CT molecular complexity index is 1030. The Morgan fingerprint density at radius 2 is 1.93 bits per heavy atom. The highest BCUT2D eigenvalue weighted by atomic mass is 35.5. The second-order valence-corrected chi connectivity index (χ2v) is 8.29. The molecule has 3 aromatic rings. The van der Waals surface area contributed by atoms with Gasteiger partial charge in [0.25, 0.3) is 0 Å². The van der Waals surface area contributed by atoms with Gasteiger partial charge in [-0.1, -0.05) is 23.7 Å². The minimum atomic E-state index is -0.818. The number of hydrogen-bond acceptors (Lipinski definition) is 4. The molecule has 1 atom stereocenters. The van der Waals surface area contributed by atoms with Crippen LogP contribution in [0.2, 0.25) is 5.02 Å². The van der Waals surface area contributed by atoms with E-state index in [0.717, 1.165) is 33.6 Å². The van der Waals surface area contributed by atoms with Gasteiger partial charge in [-0.05, 0) is 57.9 Å². The number of pyridine rings is 1. The van der Waals surface area contributed by atoms with Gasteiger partial charge in [0.15, 0.2) is 6.10 Å². The molecule has 0 amide bonds. The number of ether oxygens (including phenoxy) is 2. The van der Waals surface area contributed by atoms with E-state index in [1.807, 2.05) is 75.7 Å². The molecular formula is C22H25ClN2O3. The van der Waals surface area contributed by atoms with E-state index >= 15 is 0 Å². The Balaban J connectivity index is 2.17. The molecule has 0 N–H and O–H groups in total. The molecule has 0 fully saturated rings. The summed E-state index contributed by atoms with van der Waals surface area (Å²) in [6, 6.07) is 7.58. The molecule has 2 heterocycles. The number of carbonyl (C=O) groups excluding carboxylic acids is 1. The number of esters is 1. The first-order valence-corrected chi connectivity index (χ1v) is 9.49. The van der Waals surface area contributed by atoms with Crippen molar-refractivity contribution in [3.63, 3.8) is 0 Å². The lowest BCUT2D eigenvalue weighted by Gasteiger charge is -2.28. The molecule has 0 saturated carbocycles. The molecule has 0 bridgehead atoms. The third kappa shape index (κ3) is 4.05. The number of rotatable bonds is 4. The van der Waals surface area contributed by atoms with Crippen molar-refractivity contribution in [2.45, 2.75) is 46.3 Å². The van der Waals surface area contributed by atoms with Gasteiger partial charge in [0.1, 0.15) is 5.65 Å². The van der Waals surface area contributed by atoms with Gasteiger partial charge in [-0.2, -0.15) is 0 Å². The number of benzene rings is 1. The van der Waals surface area contributed by atoms with E-state index in [1.54, 1.807) is 0 Å². The molecule has 0 saturated heterocycles. The van der Waals surface area contributed by atoms with Crippen LogP contribution in [-0.4, -0.2) is 28.1 Å². The quantitative estimate of drug-likeness (QED) is 0.557. The van der Waals surface area contributed by atoms with E-state index in [-0.39, 0.29) is 0 Å². The van der Waals surface area contributed by atoms with Crippen LogP contribution in [0.15, 0.2) is 36.7 Å². The fraction of sp³-hybridized carbons (Fsp3) is 0.364. The highest BCUT2D eigenvalue weighted by Gasteiger charge is 2.31. The molecule has 0 spiro atoms. The zero-order chi connectivity index (χ0) is 20.6. The van der Waals surface area contributed by atoms with Gasteiger partial charge in [-0.25, -0.2) is 9.78 Å². The maximum Gasteiger partial charge on any atom is 0.339 e.